The average molecular weight is 394 g/mol. The topological polar surface area (TPSA) is 18.5 Å². The van der Waals surface area contributed by atoms with E-state index in [0.29, 0.717) is 5.02 Å². The Morgan fingerprint density at radius 3 is 2.72 bits per heavy atom. The van der Waals surface area contributed by atoms with Gasteiger partial charge in [0.15, 0.2) is 5.11 Å². The molecule has 25 heavy (non-hydrogen) atoms. The maximum absolute atomic E-state index is 6.26. The van der Waals surface area contributed by atoms with E-state index in [1.165, 1.54) is 30.8 Å². The highest BCUT2D eigenvalue weighted by atomic mass is 35.5. The molecule has 0 radical (unpaired) electrons. The number of nitrogens with zero attached hydrogens (tertiary/aromatic N) is 2. The lowest BCUT2D eigenvalue weighted by Gasteiger charge is -2.27. The summed E-state index contributed by atoms with van der Waals surface area (Å²) in [6.07, 6.45) is 3.80. The van der Waals surface area contributed by atoms with E-state index in [1.54, 1.807) is 11.3 Å². The van der Waals surface area contributed by atoms with Gasteiger partial charge in [0.2, 0.25) is 0 Å². The van der Waals surface area contributed by atoms with Crippen LogP contribution in [0.1, 0.15) is 24.1 Å². The summed E-state index contributed by atoms with van der Waals surface area (Å²) < 4.78 is 0. The van der Waals surface area contributed by atoms with Crippen molar-refractivity contribution in [1.82, 2.24) is 9.80 Å². The fourth-order valence-corrected chi connectivity index (χ4v) is 4.26. The van der Waals surface area contributed by atoms with Crippen molar-refractivity contribution < 1.29 is 0 Å². The van der Waals surface area contributed by atoms with E-state index in [-0.39, 0.29) is 0 Å². The molecule has 2 heterocycles. The first-order chi connectivity index (χ1) is 12.2. The van der Waals surface area contributed by atoms with Crippen LogP contribution in [0, 0.1) is 0 Å². The number of para-hydroxylation sites is 1. The summed E-state index contributed by atoms with van der Waals surface area (Å²) in [5.74, 6) is 0. The molecule has 0 unspecified atom stereocenters. The third-order valence-electron chi connectivity index (χ3n) is 4.43. The van der Waals surface area contributed by atoms with Crippen LogP contribution in [0.2, 0.25) is 5.02 Å². The van der Waals surface area contributed by atoms with Crippen molar-refractivity contribution in [3.05, 3.63) is 51.7 Å². The van der Waals surface area contributed by atoms with Gasteiger partial charge in [0, 0.05) is 11.4 Å². The summed E-state index contributed by atoms with van der Waals surface area (Å²) in [6.45, 7) is 5.43. The molecule has 0 aliphatic carbocycles. The smallest absolute Gasteiger partial charge is 0.173 e. The monoisotopic (exact) mass is 393 g/mol. The molecule has 2 aromatic rings. The molecule has 1 N–H and O–H groups in total. The van der Waals surface area contributed by atoms with Gasteiger partial charge >= 0.3 is 0 Å². The third kappa shape index (κ3) is 5.68. The van der Waals surface area contributed by atoms with Crippen LogP contribution in [0.5, 0.6) is 0 Å². The Labute approximate surface area is 164 Å². The van der Waals surface area contributed by atoms with E-state index >= 15 is 0 Å². The summed E-state index contributed by atoms with van der Waals surface area (Å²) in [5, 5.41) is 6.86. The largest absolute Gasteiger partial charge is 0.344 e. The molecule has 134 valence electrons. The number of halogens is 1. The van der Waals surface area contributed by atoms with Crippen LogP contribution in [0.15, 0.2) is 41.8 Å². The van der Waals surface area contributed by atoms with Gasteiger partial charge in [-0.1, -0.05) is 29.8 Å². The van der Waals surface area contributed by atoms with E-state index in [1.807, 2.05) is 24.3 Å². The Bertz CT molecular complexity index is 669. The molecule has 0 bridgehead atoms. The summed E-state index contributed by atoms with van der Waals surface area (Å²) in [5.41, 5.74) is 0.866. The summed E-state index contributed by atoms with van der Waals surface area (Å²) in [4.78, 5) is 6.12. The first kappa shape index (κ1) is 18.6. The molecule has 3 nitrogen and oxygen atoms in total. The Morgan fingerprint density at radius 1 is 1.20 bits per heavy atom. The highest BCUT2D eigenvalue weighted by Gasteiger charge is 2.15. The highest BCUT2D eigenvalue weighted by Crippen LogP contribution is 2.22. The number of thiocarbonyl (C=S) groups is 1. The molecule has 6 heteroatoms. The van der Waals surface area contributed by atoms with Gasteiger partial charge < -0.3 is 15.1 Å². The Kier molecular flexibility index (Phi) is 7.11. The van der Waals surface area contributed by atoms with Crippen molar-refractivity contribution in [2.75, 3.05) is 31.5 Å². The van der Waals surface area contributed by atoms with Gasteiger partial charge in [-0.2, -0.15) is 0 Å². The minimum Gasteiger partial charge on any atom is -0.344 e. The second-order valence-corrected chi connectivity index (χ2v) is 8.14. The van der Waals surface area contributed by atoms with Gasteiger partial charge in [0.25, 0.3) is 0 Å². The number of anilines is 1. The number of benzene rings is 1. The Balaban J connectivity index is 1.60. The molecular formula is C19H24ClN3S2. The van der Waals surface area contributed by atoms with Crippen molar-refractivity contribution >= 4 is 46.0 Å². The zero-order valence-corrected chi connectivity index (χ0v) is 16.7. The van der Waals surface area contributed by atoms with Gasteiger partial charge in [-0.25, -0.2) is 0 Å². The lowest BCUT2D eigenvalue weighted by atomic mass is 10.3. The van der Waals surface area contributed by atoms with E-state index in [4.69, 9.17) is 23.8 Å². The first-order valence-electron chi connectivity index (χ1n) is 8.77. The summed E-state index contributed by atoms with van der Waals surface area (Å²) in [6, 6.07) is 12.0. The molecule has 1 aliphatic rings. The fraction of sp³-hybridized carbons (Fsp3) is 0.421. The normalized spacial score (nSPS) is 14.6. The third-order valence-corrected chi connectivity index (χ3v) is 5.98. The predicted molar refractivity (Wildman–Crippen MR) is 113 cm³/mol. The number of hydrogen-bond donors (Lipinski definition) is 1. The molecule has 1 aromatic carbocycles. The van der Waals surface area contributed by atoms with Gasteiger partial charge in [0.05, 0.1) is 17.3 Å². The molecule has 0 saturated carbocycles. The van der Waals surface area contributed by atoms with Crippen molar-refractivity contribution in [3.63, 3.8) is 0 Å². The molecule has 0 spiro atoms. The highest BCUT2D eigenvalue weighted by molar-refractivity contribution is 7.80. The lowest BCUT2D eigenvalue weighted by molar-refractivity contribution is 0.307. The quantitative estimate of drug-likeness (QED) is 0.660. The van der Waals surface area contributed by atoms with Crippen LogP contribution in [0.3, 0.4) is 0 Å². The Hall–Kier alpha value is -1.14. The Morgan fingerprint density at radius 2 is 2.00 bits per heavy atom. The predicted octanol–water partition coefficient (Wildman–Crippen LogP) is 5.09. The van der Waals surface area contributed by atoms with Crippen LogP contribution < -0.4 is 5.32 Å². The van der Waals surface area contributed by atoms with E-state index in [0.717, 1.165) is 36.9 Å². The first-order valence-corrected chi connectivity index (χ1v) is 10.4. The molecule has 0 atom stereocenters. The van der Waals surface area contributed by atoms with Gasteiger partial charge in [-0.05, 0) is 74.7 Å². The minimum absolute atomic E-state index is 0.693. The molecular weight excluding hydrogens is 370 g/mol. The molecule has 1 aromatic heterocycles. The van der Waals surface area contributed by atoms with Crippen molar-refractivity contribution in [3.8, 4) is 0 Å². The molecule has 3 rings (SSSR count). The average Bonchev–Trinajstić information content (AvgIpc) is 3.29. The zero-order chi connectivity index (χ0) is 17.5. The van der Waals surface area contributed by atoms with E-state index < -0.39 is 0 Å². The van der Waals surface area contributed by atoms with E-state index in [2.05, 4.69) is 32.6 Å². The fourth-order valence-electron chi connectivity index (χ4n) is 3.09. The standard InChI is InChI=1S/C19H24ClN3S2/c20-17-8-1-2-9-18(17)21-19(24)23(15-16-7-5-14-25-16)13-6-12-22-10-3-4-11-22/h1-2,5,7-9,14H,3-4,6,10-13,15H2,(H,21,24). The molecule has 0 amide bonds. The summed E-state index contributed by atoms with van der Waals surface area (Å²) in [7, 11) is 0. The minimum atomic E-state index is 0.693. The van der Waals surface area contributed by atoms with Gasteiger partial charge in [-0.3, -0.25) is 0 Å². The molecule has 1 aliphatic heterocycles. The van der Waals surface area contributed by atoms with Crippen molar-refractivity contribution in [1.29, 1.82) is 0 Å². The van der Waals surface area contributed by atoms with Gasteiger partial charge in [-0.15, -0.1) is 11.3 Å². The molecule has 1 saturated heterocycles. The van der Waals surface area contributed by atoms with Crippen LogP contribution in [-0.4, -0.2) is 41.1 Å². The molecule has 1 fully saturated rings. The van der Waals surface area contributed by atoms with Crippen LogP contribution in [0.25, 0.3) is 0 Å². The van der Waals surface area contributed by atoms with Crippen molar-refractivity contribution in [2.45, 2.75) is 25.8 Å². The SMILES string of the molecule is S=C(Nc1ccccc1Cl)N(CCCN1CCCC1)Cc1cccs1. The van der Waals surface area contributed by atoms with Crippen LogP contribution in [-0.2, 0) is 6.54 Å². The summed E-state index contributed by atoms with van der Waals surface area (Å²) >= 11 is 13.7. The number of thiophene rings is 1. The maximum atomic E-state index is 6.26. The number of hydrogen-bond acceptors (Lipinski definition) is 3. The van der Waals surface area contributed by atoms with Crippen LogP contribution in [0.4, 0.5) is 5.69 Å². The van der Waals surface area contributed by atoms with Gasteiger partial charge in [0.1, 0.15) is 0 Å². The number of nitrogens with one attached hydrogen (secondary N) is 1. The van der Waals surface area contributed by atoms with Crippen molar-refractivity contribution in [2.24, 2.45) is 0 Å². The number of rotatable bonds is 7. The number of likely N-dealkylation sites (tertiary alicyclic amines) is 1. The van der Waals surface area contributed by atoms with Crippen LogP contribution >= 0.6 is 35.2 Å². The maximum Gasteiger partial charge on any atom is 0.173 e. The second kappa shape index (κ2) is 9.53. The zero-order valence-electron chi connectivity index (χ0n) is 14.3. The van der Waals surface area contributed by atoms with E-state index in [9.17, 15) is 0 Å². The lowest BCUT2D eigenvalue weighted by Crippen LogP contribution is -2.36. The second-order valence-electron chi connectivity index (χ2n) is 6.31.